The number of amides is 1. The van der Waals surface area contributed by atoms with Crippen molar-refractivity contribution in [2.24, 2.45) is 0 Å². The monoisotopic (exact) mass is 156 g/mol. The van der Waals surface area contributed by atoms with Crippen LogP contribution in [0.4, 0.5) is 4.79 Å². The lowest BCUT2D eigenvalue weighted by molar-refractivity contribution is 0.164. The second-order valence-electron chi connectivity index (χ2n) is 2.30. The van der Waals surface area contributed by atoms with Crippen LogP contribution in [0, 0.1) is 0 Å². The number of nitrogens with one attached hydrogen (secondary N) is 2. The Hall–Kier alpha value is -1.03. The SMILES string of the molecule is COC(=O)NC1CC=CCN1. The molecule has 1 aliphatic heterocycles. The fourth-order valence-electron chi connectivity index (χ4n) is 0.920. The van der Waals surface area contributed by atoms with Gasteiger partial charge in [0.2, 0.25) is 0 Å². The van der Waals surface area contributed by atoms with Crippen LogP contribution in [0.5, 0.6) is 0 Å². The van der Waals surface area contributed by atoms with Gasteiger partial charge < -0.3 is 10.1 Å². The zero-order chi connectivity index (χ0) is 8.10. The Morgan fingerprint density at radius 3 is 3.09 bits per heavy atom. The Morgan fingerprint density at radius 1 is 1.73 bits per heavy atom. The normalized spacial score (nSPS) is 22.8. The zero-order valence-electron chi connectivity index (χ0n) is 6.46. The summed E-state index contributed by atoms with van der Waals surface area (Å²) in [4.78, 5) is 10.7. The van der Waals surface area contributed by atoms with E-state index in [-0.39, 0.29) is 6.17 Å². The largest absolute Gasteiger partial charge is 0.453 e. The zero-order valence-corrected chi connectivity index (χ0v) is 6.46. The molecule has 0 aromatic carbocycles. The van der Waals surface area contributed by atoms with Crippen molar-refractivity contribution >= 4 is 6.09 Å². The van der Waals surface area contributed by atoms with E-state index >= 15 is 0 Å². The van der Waals surface area contributed by atoms with Gasteiger partial charge in [0.25, 0.3) is 0 Å². The van der Waals surface area contributed by atoms with E-state index in [1.807, 2.05) is 12.2 Å². The van der Waals surface area contributed by atoms with Gasteiger partial charge in [-0.05, 0) is 6.42 Å². The van der Waals surface area contributed by atoms with Crippen LogP contribution in [-0.2, 0) is 4.74 Å². The van der Waals surface area contributed by atoms with Gasteiger partial charge in [0.15, 0.2) is 0 Å². The topological polar surface area (TPSA) is 50.4 Å². The van der Waals surface area contributed by atoms with Crippen LogP contribution in [0.25, 0.3) is 0 Å². The third-order valence-corrected chi connectivity index (χ3v) is 1.50. The number of carbonyl (C=O) groups excluding carboxylic acids is 1. The molecule has 1 amide bonds. The van der Waals surface area contributed by atoms with Gasteiger partial charge in [0.1, 0.15) is 0 Å². The van der Waals surface area contributed by atoms with Crippen molar-refractivity contribution in [3.8, 4) is 0 Å². The highest BCUT2D eigenvalue weighted by Gasteiger charge is 2.10. The third kappa shape index (κ3) is 2.59. The first-order valence-corrected chi connectivity index (χ1v) is 3.56. The maximum Gasteiger partial charge on any atom is 0.408 e. The summed E-state index contributed by atoms with van der Waals surface area (Å²) in [5, 5.41) is 5.73. The molecule has 0 aliphatic carbocycles. The standard InChI is InChI=1S/C7H12N2O2/c1-11-7(10)9-6-4-2-3-5-8-6/h2-3,6,8H,4-5H2,1H3,(H,9,10). The van der Waals surface area contributed by atoms with Crippen molar-refractivity contribution in [3.63, 3.8) is 0 Å². The molecule has 1 rings (SSSR count). The maximum absolute atomic E-state index is 10.7. The molecule has 1 unspecified atom stereocenters. The number of rotatable bonds is 1. The molecular weight excluding hydrogens is 144 g/mol. The van der Waals surface area contributed by atoms with E-state index in [9.17, 15) is 4.79 Å². The predicted octanol–water partition coefficient (Wildman–Crippen LogP) is 0.218. The van der Waals surface area contributed by atoms with Crippen LogP contribution >= 0.6 is 0 Å². The van der Waals surface area contributed by atoms with E-state index in [0.717, 1.165) is 13.0 Å². The highest BCUT2D eigenvalue weighted by Crippen LogP contribution is 1.95. The Labute approximate surface area is 65.6 Å². The van der Waals surface area contributed by atoms with Crippen LogP contribution in [0.3, 0.4) is 0 Å². The summed E-state index contributed by atoms with van der Waals surface area (Å²) in [7, 11) is 1.36. The van der Waals surface area contributed by atoms with Gasteiger partial charge in [0.05, 0.1) is 13.3 Å². The molecule has 4 nitrogen and oxygen atoms in total. The van der Waals surface area contributed by atoms with Crippen LogP contribution < -0.4 is 10.6 Å². The number of hydrogen-bond donors (Lipinski definition) is 2. The molecule has 62 valence electrons. The van der Waals surface area contributed by atoms with E-state index in [2.05, 4.69) is 15.4 Å². The van der Waals surface area contributed by atoms with Crippen molar-refractivity contribution in [1.29, 1.82) is 0 Å². The van der Waals surface area contributed by atoms with Crippen LogP contribution in [-0.4, -0.2) is 25.9 Å². The third-order valence-electron chi connectivity index (χ3n) is 1.50. The van der Waals surface area contributed by atoms with Gasteiger partial charge in [0, 0.05) is 6.54 Å². The molecule has 0 bridgehead atoms. The number of carbonyl (C=O) groups is 1. The average molecular weight is 156 g/mol. The van der Waals surface area contributed by atoms with Crippen LogP contribution in [0.15, 0.2) is 12.2 Å². The van der Waals surface area contributed by atoms with Crippen LogP contribution in [0.2, 0.25) is 0 Å². The molecule has 0 saturated carbocycles. The summed E-state index contributed by atoms with van der Waals surface area (Å²) in [6.45, 7) is 0.800. The molecule has 2 N–H and O–H groups in total. The van der Waals surface area contributed by atoms with Gasteiger partial charge in [-0.2, -0.15) is 0 Å². The molecule has 1 atom stereocenters. The van der Waals surface area contributed by atoms with Crippen molar-refractivity contribution in [2.45, 2.75) is 12.6 Å². The van der Waals surface area contributed by atoms with Gasteiger partial charge in [-0.25, -0.2) is 4.79 Å². The number of ether oxygens (including phenoxy) is 1. The highest BCUT2D eigenvalue weighted by atomic mass is 16.5. The van der Waals surface area contributed by atoms with Gasteiger partial charge in [-0.3, -0.25) is 5.32 Å². The van der Waals surface area contributed by atoms with Crippen LogP contribution in [0.1, 0.15) is 6.42 Å². The highest BCUT2D eigenvalue weighted by molar-refractivity contribution is 5.67. The minimum Gasteiger partial charge on any atom is -0.453 e. The van der Waals surface area contributed by atoms with Crippen molar-refractivity contribution in [1.82, 2.24) is 10.6 Å². The van der Waals surface area contributed by atoms with E-state index in [4.69, 9.17) is 0 Å². The first-order valence-electron chi connectivity index (χ1n) is 3.56. The summed E-state index contributed by atoms with van der Waals surface area (Å²) < 4.78 is 4.44. The first kappa shape index (κ1) is 8.07. The lowest BCUT2D eigenvalue weighted by Gasteiger charge is -2.19. The summed E-state index contributed by atoms with van der Waals surface area (Å²) in [5.41, 5.74) is 0. The maximum atomic E-state index is 10.7. The first-order chi connectivity index (χ1) is 5.33. The predicted molar refractivity (Wildman–Crippen MR) is 41.1 cm³/mol. The molecule has 0 fully saturated rings. The lowest BCUT2D eigenvalue weighted by Crippen LogP contribution is -2.46. The minimum absolute atomic E-state index is 0.0208. The fourth-order valence-corrected chi connectivity index (χ4v) is 0.920. The molecule has 4 heteroatoms. The van der Waals surface area contributed by atoms with E-state index < -0.39 is 6.09 Å². The second-order valence-corrected chi connectivity index (χ2v) is 2.30. The molecule has 0 aromatic heterocycles. The molecule has 0 radical (unpaired) electrons. The van der Waals surface area contributed by atoms with Gasteiger partial charge in [-0.15, -0.1) is 0 Å². The van der Waals surface area contributed by atoms with E-state index in [1.165, 1.54) is 7.11 Å². The minimum atomic E-state index is -0.391. The van der Waals surface area contributed by atoms with E-state index in [1.54, 1.807) is 0 Å². The fraction of sp³-hybridized carbons (Fsp3) is 0.571. The summed E-state index contributed by atoms with van der Waals surface area (Å²) >= 11 is 0. The average Bonchev–Trinajstić information content (AvgIpc) is 2.06. The smallest absolute Gasteiger partial charge is 0.408 e. The Kier molecular flexibility index (Phi) is 2.92. The molecule has 0 aromatic rings. The van der Waals surface area contributed by atoms with Crippen molar-refractivity contribution < 1.29 is 9.53 Å². The lowest BCUT2D eigenvalue weighted by atomic mass is 10.2. The molecule has 0 spiro atoms. The number of methoxy groups -OCH3 is 1. The Bertz CT molecular complexity index is 168. The number of alkyl carbamates (subject to hydrolysis) is 1. The van der Waals surface area contributed by atoms with Gasteiger partial charge >= 0.3 is 6.09 Å². The summed E-state index contributed by atoms with van der Waals surface area (Å²) in [5.74, 6) is 0. The number of hydrogen-bond acceptors (Lipinski definition) is 3. The molecule has 0 saturated heterocycles. The second kappa shape index (κ2) is 3.98. The summed E-state index contributed by atoms with van der Waals surface area (Å²) in [6, 6.07) is 0. The Balaban J connectivity index is 2.26. The molecule has 11 heavy (non-hydrogen) atoms. The molecule has 1 heterocycles. The van der Waals surface area contributed by atoms with E-state index in [0.29, 0.717) is 0 Å². The van der Waals surface area contributed by atoms with Gasteiger partial charge in [-0.1, -0.05) is 12.2 Å². The summed E-state index contributed by atoms with van der Waals surface area (Å²) in [6.07, 6.45) is 4.49. The quantitative estimate of drug-likeness (QED) is 0.534. The van der Waals surface area contributed by atoms with Crippen molar-refractivity contribution in [3.05, 3.63) is 12.2 Å². The molecule has 1 aliphatic rings. The Morgan fingerprint density at radius 2 is 2.55 bits per heavy atom. The van der Waals surface area contributed by atoms with Crippen molar-refractivity contribution in [2.75, 3.05) is 13.7 Å². The molecular formula is C7H12N2O2.